The van der Waals surface area contributed by atoms with Crippen molar-refractivity contribution in [3.05, 3.63) is 23.1 Å². The second-order valence-electron chi connectivity index (χ2n) is 4.85. The molecule has 0 atom stereocenters. The molecule has 0 spiro atoms. The summed E-state index contributed by atoms with van der Waals surface area (Å²) in [5.74, 6) is 0.0553. The maximum atomic E-state index is 12.4. The maximum Gasteiger partial charge on any atom is 0.335 e. The second-order valence-corrected chi connectivity index (χ2v) is 7.64. The number of rotatable bonds is 9. The van der Waals surface area contributed by atoms with E-state index in [-0.39, 0.29) is 41.7 Å². The van der Waals surface area contributed by atoms with Crippen LogP contribution in [0.3, 0.4) is 0 Å². The molecule has 0 aliphatic rings. The zero-order valence-corrected chi connectivity index (χ0v) is 16.1. The third kappa shape index (κ3) is 5.75. The molecule has 11 nitrogen and oxygen atoms in total. The lowest BCUT2D eigenvalue weighted by atomic mass is 10.4. The van der Waals surface area contributed by atoms with Crippen LogP contribution in [0, 0.1) is 0 Å². The minimum atomic E-state index is -4.14. The van der Waals surface area contributed by atoms with Crippen LogP contribution in [0.2, 0.25) is 0 Å². The Bertz CT molecular complexity index is 863. The Morgan fingerprint density at radius 3 is 2.52 bits per heavy atom. The summed E-state index contributed by atoms with van der Waals surface area (Å²) in [5, 5.41) is 12.5. The molecular weight excluding hydrogens is 400 g/mol. The molecule has 0 aromatic carbocycles. The van der Waals surface area contributed by atoms with Crippen LogP contribution in [0.25, 0.3) is 0 Å². The predicted molar refractivity (Wildman–Crippen MR) is 95.5 cm³/mol. The number of carbonyl (C=O) groups is 1. The lowest BCUT2D eigenvalue weighted by molar-refractivity contribution is 0.0807. The van der Waals surface area contributed by atoms with Crippen LogP contribution in [-0.4, -0.2) is 57.0 Å². The Morgan fingerprint density at radius 1 is 1.26 bits per heavy atom. The number of nitrogens with zero attached hydrogens (tertiary/aromatic N) is 2. The quantitative estimate of drug-likeness (QED) is 0.497. The third-order valence-corrected chi connectivity index (χ3v) is 5.89. The lowest BCUT2D eigenvalue weighted by Gasteiger charge is -2.10. The standard InChI is InChI=1S/C14H18N4O7S2/c1-23-10-7-11(24-2)16-13(15-10)17-14(20)18-27(21,22)12-9(3-6-26-12)8-25-5-4-19/h3,6-7,19H,4-5,8H2,1-2H3,(H2,15,16,17,18,20). The predicted octanol–water partition coefficient (Wildman–Crippen LogP) is 0.575. The highest BCUT2D eigenvalue weighted by Crippen LogP contribution is 2.23. The number of sulfonamides is 1. The fourth-order valence-corrected chi connectivity index (χ4v) is 4.17. The summed E-state index contributed by atoms with van der Waals surface area (Å²) in [6.45, 7) is -0.132. The van der Waals surface area contributed by atoms with Gasteiger partial charge in [-0.25, -0.2) is 17.9 Å². The van der Waals surface area contributed by atoms with Crippen LogP contribution in [0.4, 0.5) is 10.7 Å². The van der Waals surface area contributed by atoms with Gasteiger partial charge in [-0.2, -0.15) is 9.97 Å². The van der Waals surface area contributed by atoms with Gasteiger partial charge in [0.25, 0.3) is 10.0 Å². The Balaban J connectivity index is 2.10. The minimum Gasteiger partial charge on any atom is -0.481 e. The first-order valence-corrected chi connectivity index (χ1v) is 9.81. The number of anilines is 1. The van der Waals surface area contributed by atoms with Crippen molar-refractivity contribution in [2.45, 2.75) is 10.8 Å². The molecule has 2 amide bonds. The van der Waals surface area contributed by atoms with E-state index in [1.54, 1.807) is 11.4 Å². The molecule has 148 valence electrons. The molecule has 0 radical (unpaired) electrons. The topological polar surface area (TPSA) is 149 Å². The summed E-state index contributed by atoms with van der Waals surface area (Å²) >= 11 is 0.931. The smallest absolute Gasteiger partial charge is 0.335 e. The molecule has 3 N–H and O–H groups in total. The monoisotopic (exact) mass is 418 g/mol. The maximum absolute atomic E-state index is 12.4. The summed E-state index contributed by atoms with van der Waals surface area (Å²) in [6, 6.07) is 1.90. The normalized spacial score (nSPS) is 11.1. The highest BCUT2D eigenvalue weighted by molar-refractivity contribution is 7.92. The summed E-state index contributed by atoms with van der Waals surface area (Å²) in [5.41, 5.74) is 0.369. The summed E-state index contributed by atoms with van der Waals surface area (Å²) in [7, 11) is -1.40. The molecular formula is C14H18N4O7S2. The van der Waals surface area contributed by atoms with E-state index in [9.17, 15) is 13.2 Å². The van der Waals surface area contributed by atoms with Crippen LogP contribution in [0.5, 0.6) is 11.8 Å². The van der Waals surface area contributed by atoms with Crippen molar-refractivity contribution < 1.29 is 32.5 Å². The fourth-order valence-electron chi connectivity index (χ4n) is 1.88. The molecule has 0 aliphatic heterocycles. The first kappa shape index (κ1) is 20.8. The number of methoxy groups -OCH3 is 2. The highest BCUT2D eigenvalue weighted by atomic mass is 32.2. The van der Waals surface area contributed by atoms with Crippen molar-refractivity contribution in [1.82, 2.24) is 14.7 Å². The van der Waals surface area contributed by atoms with E-state index in [0.717, 1.165) is 11.3 Å². The zero-order valence-electron chi connectivity index (χ0n) is 14.5. The van der Waals surface area contributed by atoms with Gasteiger partial charge >= 0.3 is 6.03 Å². The van der Waals surface area contributed by atoms with Crippen LogP contribution in [0.1, 0.15) is 5.56 Å². The van der Waals surface area contributed by atoms with Gasteiger partial charge in [-0.1, -0.05) is 0 Å². The number of ether oxygens (including phenoxy) is 3. The molecule has 2 aromatic heterocycles. The van der Waals surface area contributed by atoms with Gasteiger partial charge in [0, 0.05) is 5.56 Å². The Morgan fingerprint density at radius 2 is 1.93 bits per heavy atom. The number of hydrogen-bond acceptors (Lipinski definition) is 10. The summed E-state index contributed by atoms with van der Waals surface area (Å²) in [6.07, 6.45) is 0. The van der Waals surface area contributed by atoms with E-state index in [4.69, 9.17) is 19.3 Å². The number of thiophene rings is 1. The van der Waals surface area contributed by atoms with Crippen LogP contribution in [-0.2, 0) is 21.4 Å². The molecule has 2 rings (SSSR count). The van der Waals surface area contributed by atoms with Gasteiger partial charge < -0.3 is 19.3 Å². The van der Waals surface area contributed by atoms with Crippen molar-refractivity contribution in [1.29, 1.82) is 0 Å². The number of aromatic nitrogens is 2. The van der Waals surface area contributed by atoms with Gasteiger partial charge in [0.2, 0.25) is 17.7 Å². The SMILES string of the molecule is COc1cc(OC)nc(NC(=O)NS(=O)(=O)c2sccc2COCCO)n1. The molecule has 0 saturated heterocycles. The average Bonchev–Trinajstić information content (AvgIpc) is 3.10. The number of aliphatic hydroxyl groups is 1. The van der Waals surface area contributed by atoms with Crippen molar-refractivity contribution in [2.24, 2.45) is 0 Å². The Kier molecular flexibility index (Phi) is 7.29. The first-order chi connectivity index (χ1) is 12.9. The molecule has 0 unspecified atom stereocenters. The number of carbonyl (C=O) groups excluding carboxylic acids is 1. The number of urea groups is 1. The van der Waals surface area contributed by atoms with Crippen molar-refractivity contribution in [3.63, 3.8) is 0 Å². The van der Waals surface area contributed by atoms with E-state index in [2.05, 4.69) is 15.3 Å². The zero-order chi connectivity index (χ0) is 19.9. The van der Waals surface area contributed by atoms with Crippen LogP contribution >= 0.6 is 11.3 Å². The molecule has 0 saturated carbocycles. The fraction of sp³-hybridized carbons (Fsp3) is 0.357. The number of hydrogen-bond donors (Lipinski definition) is 3. The molecule has 0 fully saturated rings. The van der Waals surface area contributed by atoms with Gasteiger partial charge in [-0.15, -0.1) is 11.3 Å². The Labute approximate surface area is 159 Å². The molecule has 27 heavy (non-hydrogen) atoms. The third-order valence-electron chi connectivity index (χ3n) is 2.99. The first-order valence-electron chi connectivity index (χ1n) is 7.45. The lowest BCUT2D eigenvalue weighted by Crippen LogP contribution is -2.35. The van der Waals surface area contributed by atoms with Gasteiger partial charge in [-0.3, -0.25) is 5.32 Å². The van der Waals surface area contributed by atoms with E-state index in [1.807, 2.05) is 4.72 Å². The molecule has 2 aromatic rings. The van der Waals surface area contributed by atoms with Gasteiger partial charge in [-0.05, 0) is 11.4 Å². The number of nitrogens with one attached hydrogen (secondary N) is 2. The minimum absolute atomic E-state index is 0.0158. The summed E-state index contributed by atoms with van der Waals surface area (Å²) in [4.78, 5) is 19.8. The molecule has 2 heterocycles. The van der Waals surface area contributed by atoms with E-state index in [1.165, 1.54) is 20.3 Å². The van der Waals surface area contributed by atoms with E-state index >= 15 is 0 Å². The van der Waals surface area contributed by atoms with Gasteiger partial charge in [0.1, 0.15) is 4.21 Å². The van der Waals surface area contributed by atoms with E-state index in [0.29, 0.717) is 5.56 Å². The second kappa shape index (κ2) is 9.45. The average molecular weight is 418 g/mol. The van der Waals surface area contributed by atoms with Crippen molar-refractivity contribution >= 4 is 33.3 Å². The molecule has 0 bridgehead atoms. The van der Waals surface area contributed by atoms with Crippen molar-refractivity contribution in [3.8, 4) is 11.8 Å². The van der Waals surface area contributed by atoms with Crippen LogP contribution in [0.15, 0.2) is 21.7 Å². The van der Waals surface area contributed by atoms with E-state index < -0.39 is 16.1 Å². The summed E-state index contributed by atoms with van der Waals surface area (Å²) < 4.78 is 41.7. The van der Waals surface area contributed by atoms with Gasteiger partial charge in [0.05, 0.1) is 40.1 Å². The van der Waals surface area contributed by atoms with Crippen molar-refractivity contribution in [2.75, 3.05) is 32.8 Å². The Hall–Kier alpha value is -2.48. The largest absolute Gasteiger partial charge is 0.481 e. The molecule has 13 heteroatoms. The molecule has 0 aliphatic carbocycles. The van der Waals surface area contributed by atoms with Gasteiger partial charge in [0.15, 0.2) is 0 Å². The number of amides is 2. The van der Waals surface area contributed by atoms with Crippen LogP contribution < -0.4 is 19.5 Å². The highest BCUT2D eigenvalue weighted by Gasteiger charge is 2.23. The number of aliphatic hydroxyl groups excluding tert-OH is 1.